The first kappa shape index (κ1) is 23.2. The normalized spacial score (nSPS) is 13.2. The second-order valence-corrected chi connectivity index (χ2v) is 9.45. The lowest BCUT2D eigenvalue weighted by Gasteiger charge is -2.19. The molecule has 0 fully saturated rings. The van der Waals surface area contributed by atoms with Crippen LogP contribution in [0.25, 0.3) is 16.5 Å². The molecular formula is C27H22ClN3O3S. The van der Waals surface area contributed by atoms with Crippen molar-refractivity contribution in [2.75, 3.05) is 13.2 Å². The summed E-state index contributed by atoms with van der Waals surface area (Å²) in [4.78, 5) is 37.0. The molecule has 0 atom stereocenters. The minimum absolute atomic E-state index is 0.231. The Balaban J connectivity index is 1.52. The van der Waals surface area contributed by atoms with Gasteiger partial charge in [0.15, 0.2) is 0 Å². The van der Waals surface area contributed by atoms with Gasteiger partial charge in [-0.05, 0) is 61.4 Å². The third-order valence-corrected chi connectivity index (χ3v) is 7.04. The number of carbonyl (C=O) groups is 2. The van der Waals surface area contributed by atoms with E-state index in [-0.39, 0.29) is 12.5 Å². The molecule has 2 aromatic carbocycles. The summed E-state index contributed by atoms with van der Waals surface area (Å²) >= 11 is 7.40. The van der Waals surface area contributed by atoms with Crippen molar-refractivity contribution in [2.24, 2.45) is 0 Å². The summed E-state index contributed by atoms with van der Waals surface area (Å²) in [5.41, 5.74) is 3.43. The highest BCUT2D eigenvalue weighted by molar-refractivity contribution is 7.99. The molecule has 176 valence electrons. The van der Waals surface area contributed by atoms with Crippen molar-refractivity contribution in [1.29, 1.82) is 0 Å². The highest BCUT2D eigenvalue weighted by atomic mass is 35.5. The summed E-state index contributed by atoms with van der Waals surface area (Å²) in [6, 6.07) is 18.8. The Morgan fingerprint density at radius 3 is 2.71 bits per heavy atom. The Bertz CT molecular complexity index is 1450. The number of amides is 1. The molecule has 4 aromatic rings. The van der Waals surface area contributed by atoms with Crippen molar-refractivity contribution >= 4 is 51.7 Å². The van der Waals surface area contributed by atoms with Crippen LogP contribution >= 0.6 is 23.4 Å². The fraction of sp³-hybridized carbons (Fsp3) is 0.148. The Morgan fingerprint density at radius 2 is 1.91 bits per heavy atom. The first-order chi connectivity index (χ1) is 17.0. The minimum atomic E-state index is -0.470. The number of benzene rings is 2. The number of pyridine rings is 1. The number of carbonyl (C=O) groups excluding carboxylic acids is 2. The summed E-state index contributed by atoms with van der Waals surface area (Å²) in [6.07, 6.45) is 3.85. The van der Waals surface area contributed by atoms with Gasteiger partial charge in [-0.15, -0.1) is 0 Å². The minimum Gasteiger partial charge on any atom is -0.462 e. The van der Waals surface area contributed by atoms with Crippen molar-refractivity contribution in [3.05, 3.63) is 94.9 Å². The second kappa shape index (κ2) is 9.98. The van der Waals surface area contributed by atoms with E-state index in [1.165, 1.54) is 11.8 Å². The molecule has 0 bridgehead atoms. The molecule has 0 unspecified atom stereocenters. The number of ether oxygens (including phenoxy) is 1. The molecule has 1 amide bonds. The largest absolute Gasteiger partial charge is 0.462 e. The number of esters is 1. The molecule has 0 radical (unpaired) electrons. The van der Waals surface area contributed by atoms with Crippen molar-refractivity contribution in [2.45, 2.75) is 23.3 Å². The molecule has 1 N–H and O–H groups in total. The lowest BCUT2D eigenvalue weighted by atomic mass is 10.0. The Kier molecular flexibility index (Phi) is 6.61. The van der Waals surface area contributed by atoms with Crippen molar-refractivity contribution in [3.63, 3.8) is 0 Å². The zero-order chi connectivity index (χ0) is 24.4. The Labute approximate surface area is 212 Å². The number of aromatic amines is 1. The first-order valence-corrected chi connectivity index (χ1v) is 12.4. The highest BCUT2D eigenvalue weighted by Crippen LogP contribution is 2.34. The number of H-pyrrole nitrogens is 1. The van der Waals surface area contributed by atoms with Crippen LogP contribution in [-0.4, -0.2) is 39.9 Å². The molecule has 1 aliphatic rings. The summed E-state index contributed by atoms with van der Waals surface area (Å²) in [5, 5.41) is 2.26. The van der Waals surface area contributed by atoms with Crippen molar-refractivity contribution in [1.82, 2.24) is 14.9 Å². The van der Waals surface area contributed by atoms with Crippen LogP contribution in [0.5, 0.6) is 0 Å². The molecule has 0 saturated carbocycles. The smallest absolute Gasteiger partial charge is 0.341 e. The zero-order valence-electron chi connectivity index (χ0n) is 19.0. The van der Waals surface area contributed by atoms with E-state index in [0.29, 0.717) is 39.8 Å². The van der Waals surface area contributed by atoms with Gasteiger partial charge in [0.05, 0.1) is 23.4 Å². The number of rotatable bonds is 5. The second-order valence-electron chi connectivity index (χ2n) is 7.95. The molecule has 1 aliphatic heterocycles. The fourth-order valence-corrected chi connectivity index (χ4v) is 5.13. The Morgan fingerprint density at radius 1 is 1.11 bits per heavy atom. The number of nitrogens with zero attached hydrogens (tertiary/aromatic N) is 2. The van der Waals surface area contributed by atoms with Crippen LogP contribution in [0, 0.1) is 0 Å². The number of aromatic nitrogens is 2. The summed E-state index contributed by atoms with van der Waals surface area (Å²) in [6.45, 7) is 2.42. The molecule has 0 spiro atoms. The standard InChI is InChI=1S/C27H22ClN3O3S/c1-2-34-27(33)22-16-31(15-13-20-19-6-3-4-8-23(19)30-24(20)22)26(32)21-7-5-14-29-25(21)35-18-11-9-17(28)10-12-18/h3-12,14,16,30H,2,13,15H2,1H3. The van der Waals surface area contributed by atoms with E-state index in [9.17, 15) is 9.59 Å². The maximum atomic E-state index is 13.7. The number of hydrogen-bond donors (Lipinski definition) is 1. The van der Waals surface area contributed by atoms with E-state index in [2.05, 4.69) is 9.97 Å². The lowest BCUT2D eigenvalue weighted by molar-refractivity contribution is -0.136. The third-order valence-electron chi connectivity index (χ3n) is 5.76. The summed E-state index contributed by atoms with van der Waals surface area (Å²) < 4.78 is 5.34. The van der Waals surface area contributed by atoms with Gasteiger partial charge >= 0.3 is 5.97 Å². The average molecular weight is 504 g/mol. The summed E-state index contributed by atoms with van der Waals surface area (Å²) in [5.74, 6) is -0.701. The number of halogens is 1. The van der Waals surface area contributed by atoms with Gasteiger partial charge in [0.2, 0.25) is 0 Å². The van der Waals surface area contributed by atoms with Crippen LogP contribution in [0.2, 0.25) is 5.02 Å². The van der Waals surface area contributed by atoms with Gasteiger partial charge in [-0.1, -0.05) is 41.6 Å². The Hall–Kier alpha value is -3.55. The van der Waals surface area contributed by atoms with Crippen LogP contribution < -0.4 is 0 Å². The SMILES string of the molecule is CCOC(=O)C1=CN(C(=O)c2cccnc2Sc2ccc(Cl)cc2)CCc2c1[nH]c1ccccc21. The summed E-state index contributed by atoms with van der Waals surface area (Å²) in [7, 11) is 0. The van der Waals surface area contributed by atoms with E-state index < -0.39 is 5.97 Å². The van der Waals surface area contributed by atoms with Crippen LogP contribution in [0.3, 0.4) is 0 Å². The highest BCUT2D eigenvalue weighted by Gasteiger charge is 2.28. The zero-order valence-corrected chi connectivity index (χ0v) is 20.5. The molecule has 8 heteroatoms. The maximum absolute atomic E-state index is 13.7. The lowest BCUT2D eigenvalue weighted by Crippen LogP contribution is -2.28. The molecule has 6 nitrogen and oxygen atoms in total. The molecule has 3 heterocycles. The van der Waals surface area contributed by atoms with Crippen molar-refractivity contribution < 1.29 is 14.3 Å². The van der Waals surface area contributed by atoms with Crippen molar-refractivity contribution in [3.8, 4) is 0 Å². The molecule has 35 heavy (non-hydrogen) atoms. The number of nitrogens with one attached hydrogen (secondary N) is 1. The quantitative estimate of drug-likeness (QED) is 0.339. The predicted octanol–water partition coefficient (Wildman–Crippen LogP) is 5.97. The number of para-hydroxylation sites is 1. The van der Waals surface area contributed by atoms with Gasteiger partial charge in [-0.25, -0.2) is 9.78 Å². The monoisotopic (exact) mass is 503 g/mol. The van der Waals surface area contributed by atoms with E-state index in [1.807, 2.05) is 36.4 Å². The fourth-order valence-electron chi connectivity index (χ4n) is 4.13. The third kappa shape index (κ3) is 4.70. The number of fused-ring (bicyclic) bond motifs is 3. The average Bonchev–Trinajstić information content (AvgIpc) is 3.13. The van der Waals surface area contributed by atoms with Gasteiger partial charge in [-0.2, -0.15) is 0 Å². The van der Waals surface area contributed by atoms with Crippen LogP contribution in [-0.2, 0) is 16.0 Å². The molecule has 0 saturated heterocycles. The van der Waals surface area contributed by atoms with E-state index in [4.69, 9.17) is 16.3 Å². The van der Waals surface area contributed by atoms with Gasteiger partial charge in [0, 0.05) is 39.8 Å². The molecule has 5 rings (SSSR count). The van der Waals surface area contributed by atoms with Crippen LogP contribution in [0.1, 0.15) is 28.5 Å². The number of hydrogen-bond acceptors (Lipinski definition) is 5. The molecular weight excluding hydrogens is 482 g/mol. The van der Waals surface area contributed by atoms with Gasteiger partial charge < -0.3 is 14.6 Å². The maximum Gasteiger partial charge on any atom is 0.341 e. The van der Waals surface area contributed by atoms with Crippen LogP contribution in [0.4, 0.5) is 0 Å². The van der Waals surface area contributed by atoms with Gasteiger partial charge in [-0.3, -0.25) is 4.79 Å². The van der Waals surface area contributed by atoms with E-state index in [0.717, 1.165) is 21.4 Å². The van der Waals surface area contributed by atoms with E-state index in [1.54, 1.807) is 48.5 Å². The first-order valence-electron chi connectivity index (χ1n) is 11.2. The van der Waals surface area contributed by atoms with Crippen LogP contribution in [0.15, 0.2) is 83.0 Å². The van der Waals surface area contributed by atoms with Gasteiger partial charge in [0.25, 0.3) is 5.91 Å². The molecule has 0 aliphatic carbocycles. The topological polar surface area (TPSA) is 75.3 Å². The predicted molar refractivity (Wildman–Crippen MR) is 137 cm³/mol. The van der Waals surface area contributed by atoms with E-state index >= 15 is 0 Å². The molecule has 2 aromatic heterocycles. The van der Waals surface area contributed by atoms with Gasteiger partial charge in [0.1, 0.15) is 5.03 Å².